The fraction of sp³-hybridized carbons (Fsp3) is 0.950. The first kappa shape index (κ1) is 68.1. The SMILES string of the molecule is CC1OC(OC2C(C)OC(OCC3OC(OC4C(CO)OC(OC5CCC6(C)C(CCC7(C)C6CC=C6C8CC(C)(C)CCC8(C(=O)OC8OC(CO)C(O)C(O)C8O)CCC67C)C5(C)CO)C(O)C4O)C(O)C(O)C3O)C(O)C2O)C(O)C(O)C1O. The van der Waals surface area contributed by atoms with Crippen LogP contribution in [0.15, 0.2) is 11.6 Å². The highest BCUT2D eigenvalue weighted by Gasteiger charge is 2.71. The summed E-state index contributed by atoms with van der Waals surface area (Å²) in [4.78, 5) is 14.8. The predicted octanol–water partition coefficient (Wildman–Crippen LogP) is -3.18. The highest BCUT2D eigenvalue weighted by atomic mass is 16.8. The van der Waals surface area contributed by atoms with Gasteiger partial charge in [0.15, 0.2) is 25.2 Å². The van der Waals surface area contributed by atoms with Crippen LogP contribution in [0.4, 0.5) is 0 Å². The van der Waals surface area contributed by atoms with E-state index in [2.05, 4.69) is 40.7 Å². The van der Waals surface area contributed by atoms with Crippen molar-refractivity contribution in [3.8, 4) is 0 Å². The molecule has 0 aromatic rings. The van der Waals surface area contributed by atoms with Crippen molar-refractivity contribution in [2.24, 2.45) is 50.2 Å². The molecule has 0 aromatic heterocycles. The van der Waals surface area contributed by atoms with Gasteiger partial charge in [0, 0.05) is 5.41 Å². The van der Waals surface area contributed by atoms with Gasteiger partial charge in [-0.2, -0.15) is 0 Å². The van der Waals surface area contributed by atoms with Crippen molar-refractivity contribution in [3.63, 3.8) is 0 Å². The number of carbonyl (C=O) groups is 1. The lowest BCUT2D eigenvalue weighted by atomic mass is 9.33. The average molecular weight is 1250 g/mol. The first-order valence-electron chi connectivity index (χ1n) is 31.2. The Morgan fingerprint density at radius 3 is 1.70 bits per heavy atom. The summed E-state index contributed by atoms with van der Waals surface area (Å²) in [6, 6.07) is 0. The summed E-state index contributed by atoms with van der Waals surface area (Å²) in [6.07, 6.45) is -32.2. The van der Waals surface area contributed by atoms with Crippen molar-refractivity contribution in [2.45, 2.75) is 279 Å². The molecule has 87 heavy (non-hydrogen) atoms. The van der Waals surface area contributed by atoms with Crippen molar-refractivity contribution >= 4 is 5.97 Å². The van der Waals surface area contributed by atoms with Gasteiger partial charge in [-0.3, -0.25) is 4.79 Å². The second kappa shape index (κ2) is 25.2. The van der Waals surface area contributed by atoms with Crippen LogP contribution in [0.1, 0.15) is 120 Å². The van der Waals surface area contributed by atoms with E-state index in [9.17, 15) is 86.5 Å². The molecule has 0 bridgehead atoms. The molecular formula is C60H98O27. The summed E-state index contributed by atoms with van der Waals surface area (Å²) in [5, 5.41) is 174. The summed E-state index contributed by atoms with van der Waals surface area (Å²) in [7, 11) is 0. The smallest absolute Gasteiger partial charge is 0.315 e. The van der Waals surface area contributed by atoms with Crippen molar-refractivity contribution in [2.75, 3.05) is 26.4 Å². The molecule has 4 saturated carbocycles. The number of hydrogen-bond donors (Lipinski definition) is 16. The van der Waals surface area contributed by atoms with Gasteiger partial charge in [-0.1, -0.05) is 53.2 Å². The Bertz CT molecular complexity index is 2420. The highest BCUT2D eigenvalue weighted by Crippen LogP contribution is 2.76. The van der Waals surface area contributed by atoms with Crippen LogP contribution in [0, 0.1) is 50.2 Å². The van der Waals surface area contributed by atoms with Crippen LogP contribution in [0.2, 0.25) is 0 Å². The maximum Gasteiger partial charge on any atom is 0.315 e. The van der Waals surface area contributed by atoms with E-state index in [4.69, 9.17) is 47.4 Å². The lowest BCUT2D eigenvalue weighted by Gasteiger charge is -2.71. The Morgan fingerprint density at radius 2 is 1.05 bits per heavy atom. The summed E-state index contributed by atoms with van der Waals surface area (Å²) < 4.78 is 59.0. The molecule has 34 atom stereocenters. The van der Waals surface area contributed by atoms with Crippen LogP contribution >= 0.6 is 0 Å². The lowest BCUT2D eigenvalue weighted by molar-refractivity contribution is -0.375. The number of fused-ring (bicyclic) bond motifs is 7. The van der Waals surface area contributed by atoms with Crippen molar-refractivity contribution in [1.82, 2.24) is 0 Å². The number of aliphatic hydroxyl groups excluding tert-OH is 16. The first-order valence-corrected chi connectivity index (χ1v) is 31.2. The molecule has 0 aromatic carbocycles. The average Bonchev–Trinajstić information content (AvgIpc) is 0.883. The third-order valence-corrected chi connectivity index (χ3v) is 23.6. The number of rotatable bonds is 14. The molecule has 0 radical (unpaired) electrons. The van der Waals surface area contributed by atoms with Gasteiger partial charge < -0.3 is 129 Å². The van der Waals surface area contributed by atoms with E-state index in [0.717, 1.165) is 12.8 Å². The highest BCUT2D eigenvalue weighted by molar-refractivity contribution is 5.79. The Hall–Kier alpha value is -1.79. The standard InChI is InChI=1S/C60H98O27/c1-24-34(64)37(67)42(72)50(79-24)85-47-25(2)80-49(45(75)40(47)70)78-22-30-36(66)39(69)43(73)52(83-30)86-48-29(21-62)82-51(46(76)41(48)71)84-33-12-13-56(5)31(57(33,6)23-63)11-14-59(8)32(56)10-9-26-27-19-55(3,4)15-17-60(27,18-16-58(26,59)7)54(77)87-53-44(74)38(68)35(65)28(20-61)81-53/h9,24-25,27-53,61-76H,10-23H2,1-8H3. The van der Waals surface area contributed by atoms with Crippen molar-refractivity contribution < 1.29 is 134 Å². The molecule has 5 heterocycles. The number of allylic oxidation sites excluding steroid dienone is 2. The zero-order valence-corrected chi connectivity index (χ0v) is 50.9. The monoisotopic (exact) mass is 1250 g/mol. The molecule has 0 amide bonds. The van der Waals surface area contributed by atoms with Gasteiger partial charge >= 0.3 is 5.97 Å². The minimum atomic E-state index is -1.97. The Morgan fingerprint density at radius 1 is 0.517 bits per heavy atom. The summed E-state index contributed by atoms with van der Waals surface area (Å²) >= 11 is 0. The first-order chi connectivity index (χ1) is 40.8. The molecule has 500 valence electrons. The molecule has 27 heteroatoms. The topological polar surface area (TPSA) is 433 Å². The predicted molar refractivity (Wildman–Crippen MR) is 294 cm³/mol. The molecule has 10 rings (SSSR count). The molecule has 5 aliphatic heterocycles. The van der Waals surface area contributed by atoms with Gasteiger partial charge in [0.2, 0.25) is 6.29 Å². The largest absolute Gasteiger partial charge is 0.432 e. The van der Waals surface area contributed by atoms with E-state index < -0.39 is 196 Å². The van der Waals surface area contributed by atoms with Crippen LogP contribution in [0.5, 0.6) is 0 Å². The Kier molecular flexibility index (Phi) is 19.7. The molecule has 5 saturated heterocycles. The molecule has 16 N–H and O–H groups in total. The van der Waals surface area contributed by atoms with Crippen LogP contribution in [-0.4, -0.2) is 274 Å². The van der Waals surface area contributed by atoms with E-state index in [-0.39, 0.29) is 46.0 Å². The molecule has 0 spiro atoms. The number of esters is 1. The van der Waals surface area contributed by atoms with Crippen molar-refractivity contribution in [3.05, 3.63) is 11.6 Å². The minimum absolute atomic E-state index is 0.113. The second-order valence-corrected chi connectivity index (χ2v) is 28.9. The van der Waals surface area contributed by atoms with E-state index in [1.165, 1.54) is 19.4 Å². The van der Waals surface area contributed by atoms with Gasteiger partial charge in [0.1, 0.15) is 110 Å². The fourth-order valence-corrected chi connectivity index (χ4v) is 17.8. The normalized spacial score (nSPS) is 55.1. The molecule has 27 nitrogen and oxygen atoms in total. The van der Waals surface area contributed by atoms with Crippen LogP contribution in [0.3, 0.4) is 0 Å². The van der Waals surface area contributed by atoms with Crippen LogP contribution in [-0.2, 0) is 52.2 Å². The number of hydrogen-bond acceptors (Lipinski definition) is 27. The van der Waals surface area contributed by atoms with Crippen LogP contribution < -0.4 is 0 Å². The van der Waals surface area contributed by atoms with Gasteiger partial charge in [0.25, 0.3) is 0 Å². The zero-order valence-electron chi connectivity index (χ0n) is 50.9. The Balaban J connectivity index is 0.790. The fourth-order valence-electron chi connectivity index (χ4n) is 17.8. The number of carbonyl (C=O) groups excluding carboxylic acids is 1. The second-order valence-electron chi connectivity index (χ2n) is 28.9. The zero-order chi connectivity index (χ0) is 63.6. The van der Waals surface area contributed by atoms with E-state index in [1.54, 1.807) is 0 Å². The van der Waals surface area contributed by atoms with Gasteiger partial charge in [-0.25, -0.2) is 0 Å². The quantitative estimate of drug-likeness (QED) is 0.0463. The molecule has 34 unspecified atom stereocenters. The maximum atomic E-state index is 14.8. The molecular weight excluding hydrogens is 1150 g/mol. The minimum Gasteiger partial charge on any atom is -0.432 e. The summed E-state index contributed by atoms with van der Waals surface area (Å²) in [5.74, 6) is -0.758. The van der Waals surface area contributed by atoms with E-state index >= 15 is 0 Å². The van der Waals surface area contributed by atoms with Gasteiger partial charge in [-0.05, 0) is 117 Å². The molecule has 5 aliphatic carbocycles. The number of ether oxygens (including phenoxy) is 10. The third-order valence-electron chi connectivity index (χ3n) is 23.6. The molecule has 10 aliphatic rings. The van der Waals surface area contributed by atoms with E-state index in [0.29, 0.717) is 51.4 Å². The Labute approximate surface area is 506 Å². The van der Waals surface area contributed by atoms with Crippen LogP contribution in [0.25, 0.3) is 0 Å². The summed E-state index contributed by atoms with van der Waals surface area (Å²) in [6.45, 7) is 13.8. The third kappa shape index (κ3) is 11.4. The van der Waals surface area contributed by atoms with E-state index in [1.807, 2.05) is 6.92 Å². The van der Waals surface area contributed by atoms with Gasteiger partial charge in [-0.15, -0.1) is 0 Å². The van der Waals surface area contributed by atoms with Crippen molar-refractivity contribution in [1.29, 1.82) is 0 Å². The lowest BCUT2D eigenvalue weighted by Crippen LogP contribution is -2.67. The maximum absolute atomic E-state index is 14.8. The molecule has 9 fully saturated rings. The van der Waals surface area contributed by atoms with Gasteiger partial charge in [0.05, 0.1) is 50.2 Å². The number of aliphatic hydroxyl groups is 16. The summed E-state index contributed by atoms with van der Waals surface area (Å²) in [5.41, 5.74) is -1.79.